The van der Waals surface area contributed by atoms with Gasteiger partial charge in [0, 0.05) is 12.3 Å². The van der Waals surface area contributed by atoms with E-state index in [1.165, 1.54) is 19.3 Å². The normalized spacial score (nSPS) is 53.8. The zero-order valence-corrected chi connectivity index (χ0v) is 16.6. The molecule has 0 aromatic rings. The number of carbonyl (C=O) groups excluding carboxylic acids is 1. The molecule has 1 saturated heterocycles. The van der Waals surface area contributed by atoms with E-state index in [2.05, 4.69) is 22.9 Å². The molecule has 0 aromatic carbocycles. The molecule has 4 aliphatic rings. The van der Waals surface area contributed by atoms with Crippen LogP contribution in [0.25, 0.3) is 0 Å². The predicted octanol–water partition coefficient (Wildman–Crippen LogP) is 3.96. The number of ketones is 1. The molecule has 0 bridgehead atoms. The molecule has 0 radical (unpaired) electrons. The second-order valence-electron chi connectivity index (χ2n) is 9.48. The number of rotatable bonds is 2. The topological polar surface area (TPSA) is 46.5 Å². The lowest BCUT2D eigenvalue weighted by Gasteiger charge is -2.56. The molecule has 0 amide bonds. The van der Waals surface area contributed by atoms with Gasteiger partial charge in [-0.25, -0.2) is 0 Å². The van der Waals surface area contributed by atoms with Crippen LogP contribution in [-0.2, 0) is 9.53 Å². The van der Waals surface area contributed by atoms with Gasteiger partial charge in [-0.15, -0.1) is 0 Å². The Bertz CT molecular complexity index is 519. The molecule has 0 spiro atoms. The van der Waals surface area contributed by atoms with Crippen LogP contribution >= 0.6 is 15.9 Å². The lowest BCUT2D eigenvalue weighted by Crippen LogP contribution is -2.55. The number of halogens is 1. The number of aliphatic hydroxyl groups is 1. The van der Waals surface area contributed by atoms with Gasteiger partial charge in [-0.3, -0.25) is 4.79 Å². The highest BCUT2D eigenvalue weighted by Gasteiger charge is 2.59. The highest BCUT2D eigenvalue weighted by atomic mass is 79.9. The van der Waals surface area contributed by atoms with Crippen molar-refractivity contribution >= 4 is 21.7 Å². The Labute approximate surface area is 154 Å². The molecule has 4 rings (SSSR count). The second-order valence-corrected chi connectivity index (χ2v) is 10.0. The molecular formula is C20H31BrO3. The zero-order chi connectivity index (χ0) is 17.1. The van der Waals surface area contributed by atoms with E-state index >= 15 is 0 Å². The van der Waals surface area contributed by atoms with Crippen molar-refractivity contribution in [3.8, 4) is 0 Å². The molecule has 24 heavy (non-hydrogen) atoms. The van der Waals surface area contributed by atoms with E-state index in [1.54, 1.807) is 0 Å². The molecule has 1 N–H and O–H groups in total. The average molecular weight is 399 g/mol. The molecule has 3 saturated carbocycles. The van der Waals surface area contributed by atoms with Gasteiger partial charge in [0.05, 0.1) is 23.6 Å². The number of hydrogen-bond acceptors (Lipinski definition) is 3. The number of carbonyl (C=O) groups is 1. The van der Waals surface area contributed by atoms with Gasteiger partial charge in [-0.05, 0) is 74.5 Å². The van der Waals surface area contributed by atoms with E-state index in [1.807, 2.05) is 6.92 Å². The summed E-state index contributed by atoms with van der Waals surface area (Å²) < 4.78 is 6.31. The monoisotopic (exact) mass is 398 g/mol. The van der Waals surface area contributed by atoms with Gasteiger partial charge in [0.15, 0.2) is 0 Å². The van der Waals surface area contributed by atoms with Crippen molar-refractivity contribution in [1.29, 1.82) is 0 Å². The summed E-state index contributed by atoms with van der Waals surface area (Å²) in [5, 5.41) is 10.9. The first-order valence-electron chi connectivity index (χ1n) is 9.78. The summed E-state index contributed by atoms with van der Waals surface area (Å²) in [6.07, 6.45) is 7.77. The van der Waals surface area contributed by atoms with Gasteiger partial charge in [-0.1, -0.05) is 22.9 Å². The van der Waals surface area contributed by atoms with Crippen molar-refractivity contribution in [1.82, 2.24) is 0 Å². The van der Waals surface area contributed by atoms with Gasteiger partial charge in [0.25, 0.3) is 0 Å². The maximum atomic E-state index is 12.4. The Hall–Kier alpha value is 0.0700. The molecule has 4 fully saturated rings. The van der Waals surface area contributed by atoms with Crippen molar-refractivity contribution in [2.45, 2.75) is 70.5 Å². The molecule has 136 valence electrons. The van der Waals surface area contributed by atoms with E-state index in [0.29, 0.717) is 28.9 Å². The number of alkyl halides is 1. The minimum atomic E-state index is -0.544. The summed E-state index contributed by atoms with van der Waals surface area (Å²) in [5.41, 5.74) is -0.361. The van der Waals surface area contributed by atoms with Crippen LogP contribution in [0.15, 0.2) is 0 Å². The quantitative estimate of drug-likeness (QED) is 0.715. The van der Waals surface area contributed by atoms with E-state index in [-0.39, 0.29) is 17.4 Å². The highest BCUT2D eigenvalue weighted by molar-refractivity contribution is 9.09. The Balaban J connectivity index is 1.54. The van der Waals surface area contributed by atoms with Crippen LogP contribution < -0.4 is 0 Å². The van der Waals surface area contributed by atoms with E-state index < -0.39 is 5.60 Å². The number of ether oxygens (including phenoxy) is 1. The Morgan fingerprint density at radius 3 is 2.62 bits per heavy atom. The van der Waals surface area contributed by atoms with Crippen LogP contribution in [-0.4, -0.2) is 34.5 Å². The summed E-state index contributed by atoms with van der Waals surface area (Å²) in [6.45, 7) is 5.19. The zero-order valence-electron chi connectivity index (χ0n) is 15.0. The van der Waals surface area contributed by atoms with Crippen LogP contribution in [0.2, 0.25) is 0 Å². The molecule has 0 aromatic heterocycles. The molecule has 1 aliphatic heterocycles. The van der Waals surface area contributed by atoms with Gasteiger partial charge in [0.2, 0.25) is 0 Å². The standard InChI is InChI=1S/C20H31BrO3/c1-19(23)7-5-13-12-6-8-20(2)15(3-4-16(20)17(22)10-21)14(12)11-24-18(13)9-19/h12-16,18,23H,3-11H2,1-2H3/t12-,13-,14-,15+,16-,18+,19-,20+/m1/s1. The Kier molecular flexibility index (Phi) is 4.41. The lowest BCUT2D eigenvalue weighted by molar-refractivity contribution is -0.183. The third kappa shape index (κ3) is 2.63. The summed E-state index contributed by atoms with van der Waals surface area (Å²) in [7, 11) is 0. The Morgan fingerprint density at radius 2 is 1.88 bits per heavy atom. The highest BCUT2D eigenvalue weighted by Crippen LogP contribution is 2.62. The van der Waals surface area contributed by atoms with Gasteiger partial charge >= 0.3 is 0 Å². The third-order valence-electron chi connectivity index (χ3n) is 8.20. The van der Waals surface area contributed by atoms with E-state index in [9.17, 15) is 9.90 Å². The minimum absolute atomic E-state index is 0.183. The fourth-order valence-corrected chi connectivity index (χ4v) is 7.36. The third-order valence-corrected chi connectivity index (χ3v) is 8.75. The first-order valence-corrected chi connectivity index (χ1v) is 10.9. The molecule has 8 atom stereocenters. The first-order chi connectivity index (χ1) is 11.4. The molecule has 3 aliphatic carbocycles. The summed E-state index contributed by atoms with van der Waals surface area (Å²) >= 11 is 3.39. The summed E-state index contributed by atoms with van der Waals surface area (Å²) in [6, 6.07) is 0. The van der Waals surface area contributed by atoms with Crippen LogP contribution in [0.5, 0.6) is 0 Å². The minimum Gasteiger partial charge on any atom is -0.390 e. The summed E-state index contributed by atoms with van der Waals surface area (Å²) in [5.74, 6) is 3.29. The van der Waals surface area contributed by atoms with E-state index in [4.69, 9.17) is 4.74 Å². The van der Waals surface area contributed by atoms with Gasteiger partial charge in [-0.2, -0.15) is 0 Å². The van der Waals surface area contributed by atoms with Crippen molar-refractivity contribution in [3.63, 3.8) is 0 Å². The van der Waals surface area contributed by atoms with Crippen molar-refractivity contribution in [3.05, 3.63) is 0 Å². The SMILES string of the molecule is C[C@@]1(O)CC[C@@H]2[C@H]3CC[C@]4(C)[C@@H](C(=O)CBr)CC[C@H]4[C@@H]3CO[C@H]2C1. The van der Waals surface area contributed by atoms with Crippen molar-refractivity contribution in [2.24, 2.45) is 35.0 Å². The van der Waals surface area contributed by atoms with Gasteiger partial charge < -0.3 is 9.84 Å². The largest absolute Gasteiger partial charge is 0.390 e. The smallest absolute Gasteiger partial charge is 0.147 e. The fourth-order valence-electron chi connectivity index (χ4n) is 6.97. The van der Waals surface area contributed by atoms with Crippen LogP contribution in [0.1, 0.15) is 58.8 Å². The fraction of sp³-hybridized carbons (Fsp3) is 0.950. The summed E-state index contributed by atoms with van der Waals surface area (Å²) in [4.78, 5) is 12.4. The van der Waals surface area contributed by atoms with Crippen molar-refractivity contribution in [2.75, 3.05) is 11.9 Å². The van der Waals surface area contributed by atoms with Crippen molar-refractivity contribution < 1.29 is 14.6 Å². The maximum absolute atomic E-state index is 12.4. The molecule has 0 unspecified atom stereocenters. The number of Topliss-reactive ketones (excluding diaryl/α,β-unsaturated/α-hetero) is 1. The number of hydrogen-bond donors (Lipinski definition) is 1. The molecule has 1 heterocycles. The van der Waals surface area contributed by atoms with Crippen LogP contribution in [0.4, 0.5) is 0 Å². The lowest BCUT2D eigenvalue weighted by atomic mass is 9.53. The maximum Gasteiger partial charge on any atom is 0.147 e. The van der Waals surface area contributed by atoms with Crippen LogP contribution in [0.3, 0.4) is 0 Å². The van der Waals surface area contributed by atoms with E-state index in [0.717, 1.165) is 38.2 Å². The predicted molar refractivity (Wildman–Crippen MR) is 97.0 cm³/mol. The number of fused-ring (bicyclic) bond motifs is 5. The second kappa shape index (κ2) is 6.06. The average Bonchev–Trinajstić information content (AvgIpc) is 2.90. The molecule has 4 heteroatoms. The van der Waals surface area contributed by atoms with Gasteiger partial charge in [0.1, 0.15) is 5.78 Å². The Morgan fingerprint density at radius 1 is 1.12 bits per heavy atom. The molecule has 3 nitrogen and oxygen atoms in total. The first kappa shape index (κ1) is 17.5. The van der Waals surface area contributed by atoms with Crippen LogP contribution in [0, 0.1) is 35.0 Å². The molecular weight excluding hydrogens is 368 g/mol.